The van der Waals surface area contributed by atoms with Gasteiger partial charge in [-0.25, -0.2) is 18.1 Å². The number of oxazole rings is 1. The van der Waals surface area contributed by atoms with Crippen molar-refractivity contribution in [2.75, 3.05) is 25.9 Å². The minimum Gasteiger partial charge on any atom is -0.434 e. The lowest BCUT2D eigenvalue weighted by atomic mass is 9.91. The van der Waals surface area contributed by atoms with Gasteiger partial charge in [0.05, 0.1) is 25.0 Å². The number of Topliss-reactive ketones (excluding diaryl/α,β-unsaturated/α-hetero) is 1. The minimum atomic E-state index is -3.74. The van der Waals surface area contributed by atoms with Gasteiger partial charge in [0.2, 0.25) is 27.6 Å². The average Bonchev–Trinajstić information content (AvgIpc) is 3.69. The molecule has 4 atom stereocenters. The molecular weight excluding hydrogens is 646 g/mol. The number of nitrogens with one attached hydrogen (secondary N) is 3. The average molecular weight is 688 g/mol. The molecule has 0 saturated carbocycles. The zero-order valence-corrected chi connectivity index (χ0v) is 28.2. The van der Waals surface area contributed by atoms with E-state index in [-0.39, 0.29) is 31.9 Å². The second kappa shape index (κ2) is 15.7. The predicted octanol–water partition coefficient (Wildman–Crippen LogP) is 3.44. The molecule has 14 heteroatoms. The number of benzene rings is 2. The van der Waals surface area contributed by atoms with Crippen molar-refractivity contribution in [2.45, 2.75) is 76.3 Å². The summed E-state index contributed by atoms with van der Waals surface area (Å²) >= 11 is 6.02. The number of aromatic nitrogens is 1. The number of halogens is 1. The third kappa shape index (κ3) is 9.38. The number of fused-ring (bicyclic) bond motifs is 1. The first-order valence-electron chi connectivity index (χ1n) is 16.1. The Kier molecular flexibility index (Phi) is 11.7. The van der Waals surface area contributed by atoms with Gasteiger partial charge in [-0.05, 0) is 80.9 Å². The molecule has 3 aromatic rings. The van der Waals surface area contributed by atoms with Crippen LogP contribution < -0.4 is 15.4 Å². The van der Waals surface area contributed by atoms with Gasteiger partial charge in [0.15, 0.2) is 5.58 Å². The van der Waals surface area contributed by atoms with Gasteiger partial charge in [-0.3, -0.25) is 14.4 Å². The normalized spacial score (nSPS) is 20.3. The van der Waals surface area contributed by atoms with Gasteiger partial charge >= 0.3 is 0 Å². The van der Waals surface area contributed by atoms with E-state index in [4.69, 9.17) is 20.8 Å². The molecule has 47 heavy (non-hydrogen) atoms. The zero-order valence-electron chi connectivity index (χ0n) is 26.6. The van der Waals surface area contributed by atoms with E-state index in [1.165, 1.54) is 4.90 Å². The number of sulfonamides is 1. The van der Waals surface area contributed by atoms with Crippen LogP contribution in [0.25, 0.3) is 11.1 Å². The van der Waals surface area contributed by atoms with E-state index in [9.17, 15) is 22.8 Å². The van der Waals surface area contributed by atoms with Crippen LogP contribution in [-0.2, 0) is 31.0 Å². The number of carbonyl (C=O) groups excluding carboxylic acids is 3. The first-order valence-corrected chi connectivity index (χ1v) is 18.3. The molecule has 0 bridgehead atoms. The van der Waals surface area contributed by atoms with Crippen molar-refractivity contribution in [1.29, 1.82) is 0 Å². The van der Waals surface area contributed by atoms with Gasteiger partial charge in [-0.2, -0.15) is 0 Å². The van der Waals surface area contributed by atoms with E-state index in [0.717, 1.165) is 37.8 Å². The number of rotatable bonds is 14. The number of ketones is 1. The van der Waals surface area contributed by atoms with Crippen LogP contribution in [0, 0.1) is 5.92 Å². The molecule has 3 N–H and O–H groups in total. The summed E-state index contributed by atoms with van der Waals surface area (Å²) in [6.45, 7) is 3.83. The summed E-state index contributed by atoms with van der Waals surface area (Å²) < 4.78 is 39.1. The maximum Gasteiger partial charge on any atom is 0.266 e. The van der Waals surface area contributed by atoms with E-state index in [1.807, 2.05) is 12.1 Å². The van der Waals surface area contributed by atoms with Crippen LogP contribution in [0.3, 0.4) is 0 Å². The van der Waals surface area contributed by atoms with Gasteiger partial charge in [0.1, 0.15) is 17.6 Å². The smallest absolute Gasteiger partial charge is 0.266 e. The van der Waals surface area contributed by atoms with Crippen molar-refractivity contribution < 1.29 is 32.0 Å². The summed E-state index contributed by atoms with van der Waals surface area (Å²) in [7, 11) is -3.74. The molecule has 0 radical (unpaired) electrons. The highest BCUT2D eigenvalue weighted by atomic mass is 35.5. The van der Waals surface area contributed by atoms with Crippen molar-refractivity contribution in [3.05, 3.63) is 65.0 Å². The fraction of sp³-hybridized carbons (Fsp3) is 0.515. The second-order valence-electron chi connectivity index (χ2n) is 12.3. The molecule has 2 fully saturated rings. The van der Waals surface area contributed by atoms with Gasteiger partial charge in [0, 0.05) is 18.0 Å². The lowest BCUT2D eigenvalue weighted by Gasteiger charge is -2.30. The molecule has 12 nitrogen and oxygen atoms in total. The predicted molar refractivity (Wildman–Crippen MR) is 177 cm³/mol. The van der Waals surface area contributed by atoms with Crippen molar-refractivity contribution in [3.8, 4) is 0 Å². The van der Waals surface area contributed by atoms with Crippen molar-refractivity contribution >= 4 is 50.3 Å². The largest absolute Gasteiger partial charge is 0.434 e. The maximum absolute atomic E-state index is 14.1. The summed E-state index contributed by atoms with van der Waals surface area (Å²) in [5, 5.41) is 6.72. The van der Waals surface area contributed by atoms with Crippen LogP contribution >= 0.6 is 11.6 Å². The van der Waals surface area contributed by atoms with Crippen molar-refractivity contribution in [3.63, 3.8) is 0 Å². The van der Waals surface area contributed by atoms with Crippen molar-refractivity contribution in [1.82, 2.24) is 25.2 Å². The van der Waals surface area contributed by atoms with E-state index in [0.29, 0.717) is 34.9 Å². The molecule has 2 amide bonds. The number of nitrogens with zero attached hydrogens (tertiary/aromatic N) is 2. The van der Waals surface area contributed by atoms with Crippen LogP contribution in [0.4, 0.5) is 0 Å². The third-order valence-electron chi connectivity index (χ3n) is 8.77. The Bertz CT molecular complexity index is 1630. The van der Waals surface area contributed by atoms with E-state index in [1.54, 1.807) is 43.3 Å². The quantitative estimate of drug-likeness (QED) is 0.216. The van der Waals surface area contributed by atoms with Crippen LogP contribution in [0.5, 0.6) is 0 Å². The molecule has 2 aromatic carbocycles. The Labute approximate surface area is 280 Å². The minimum absolute atomic E-state index is 0.0790. The summed E-state index contributed by atoms with van der Waals surface area (Å²) in [6, 6.07) is 11.2. The number of amides is 2. The monoisotopic (exact) mass is 687 g/mol. The molecule has 0 aliphatic carbocycles. The lowest BCUT2D eigenvalue weighted by Crippen LogP contribution is -2.55. The molecule has 3 heterocycles. The van der Waals surface area contributed by atoms with Crippen LogP contribution in [0.1, 0.15) is 61.7 Å². The molecule has 254 valence electrons. The molecule has 5 rings (SSSR count). The standard InChI is InChI=1S/C33H42ClN5O7S/c1-3-25(30(40)32-37-26-6-4-5-7-29(26)46-32)36-31(41)28-18-24(45-20-22-8-11-23(34)12-9-22)19-39(28)33(42)27(38-47(2,43)44)13-10-21-14-16-35-17-15-21/h4-9,11-12,21,24-25,27-28,35,38H,3,10,13-20H2,1-2H3,(H,36,41)/t24-,25+,27-,28+/m1/s1. The lowest BCUT2D eigenvalue weighted by molar-refractivity contribution is -0.140. The first kappa shape index (κ1) is 35.0. The fourth-order valence-electron chi connectivity index (χ4n) is 6.22. The number of likely N-dealkylation sites (tertiary alicyclic amines) is 1. The Hall–Kier alpha value is -3.36. The van der Waals surface area contributed by atoms with Gasteiger partial charge in [-0.15, -0.1) is 0 Å². The third-order valence-corrected chi connectivity index (χ3v) is 9.73. The van der Waals surface area contributed by atoms with E-state index >= 15 is 0 Å². The summed E-state index contributed by atoms with van der Waals surface area (Å²) in [5.74, 6) is -1.27. The first-order chi connectivity index (χ1) is 22.5. The molecular formula is C33H42ClN5O7S. The highest BCUT2D eigenvalue weighted by molar-refractivity contribution is 7.88. The number of hydrogen-bond acceptors (Lipinski definition) is 9. The summed E-state index contributed by atoms with van der Waals surface area (Å²) in [4.78, 5) is 47.1. The fourth-order valence-corrected chi connectivity index (χ4v) is 7.08. The zero-order chi connectivity index (χ0) is 33.6. The number of carbonyl (C=O) groups is 3. The molecule has 1 aromatic heterocycles. The molecule has 2 aliphatic rings. The Morgan fingerprint density at radius 2 is 1.83 bits per heavy atom. The SMILES string of the molecule is CC[C@H](NC(=O)[C@@H]1C[C@@H](OCc2ccc(Cl)cc2)CN1C(=O)[C@@H](CCC1CCNCC1)NS(C)(=O)=O)C(=O)c1nc2ccccc2o1. The van der Waals surface area contributed by atoms with Crippen LogP contribution in [0.2, 0.25) is 5.02 Å². The molecule has 0 spiro atoms. The molecule has 2 aliphatic heterocycles. The number of piperidine rings is 1. The van der Waals surface area contributed by atoms with Gasteiger partial charge in [0.25, 0.3) is 5.89 Å². The van der Waals surface area contributed by atoms with E-state index < -0.39 is 51.9 Å². The van der Waals surface area contributed by atoms with Crippen molar-refractivity contribution in [2.24, 2.45) is 5.92 Å². The highest BCUT2D eigenvalue weighted by Crippen LogP contribution is 2.26. The van der Waals surface area contributed by atoms with Gasteiger partial charge in [-0.1, -0.05) is 42.8 Å². The Morgan fingerprint density at radius 1 is 1.11 bits per heavy atom. The molecule has 0 unspecified atom stereocenters. The van der Waals surface area contributed by atoms with E-state index in [2.05, 4.69) is 20.3 Å². The summed E-state index contributed by atoms with van der Waals surface area (Å²) in [6.07, 6.45) is 3.79. The number of ether oxygens (including phenoxy) is 1. The van der Waals surface area contributed by atoms with Crippen LogP contribution in [-0.4, -0.2) is 86.0 Å². The second-order valence-corrected chi connectivity index (χ2v) is 14.6. The number of para-hydroxylation sites is 2. The maximum atomic E-state index is 14.1. The number of hydrogen-bond donors (Lipinski definition) is 3. The Balaban J connectivity index is 1.34. The summed E-state index contributed by atoms with van der Waals surface area (Å²) in [5.41, 5.74) is 1.85. The van der Waals surface area contributed by atoms with Crippen LogP contribution in [0.15, 0.2) is 52.9 Å². The van der Waals surface area contributed by atoms with Gasteiger partial charge < -0.3 is 24.7 Å². The topological polar surface area (TPSA) is 160 Å². The molecule has 2 saturated heterocycles. The highest BCUT2D eigenvalue weighted by Gasteiger charge is 2.43. The Morgan fingerprint density at radius 3 is 2.51 bits per heavy atom.